The summed E-state index contributed by atoms with van der Waals surface area (Å²) in [5.41, 5.74) is 6.85. The van der Waals surface area contributed by atoms with E-state index >= 15 is 0 Å². The van der Waals surface area contributed by atoms with Crippen molar-refractivity contribution in [1.82, 2.24) is 5.32 Å². The summed E-state index contributed by atoms with van der Waals surface area (Å²) in [5, 5.41) is 4.21. The second-order valence-corrected chi connectivity index (χ2v) is 6.94. The Morgan fingerprint density at radius 2 is 2.11 bits per heavy atom. The van der Waals surface area contributed by atoms with Gasteiger partial charge in [0.1, 0.15) is 9.88 Å². The van der Waals surface area contributed by atoms with Crippen LogP contribution in [0.5, 0.6) is 0 Å². The quantitative estimate of drug-likeness (QED) is 0.839. The minimum atomic E-state index is 0.00532. The lowest BCUT2D eigenvalue weighted by atomic mass is 10.3. The summed E-state index contributed by atoms with van der Waals surface area (Å²) >= 11 is 3.20. The van der Waals surface area contributed by atoms with Crippen molar-refractivity contribution >= 4 is 39.7 Å². The predicted molar refractivity (Wildman–Crippen MR) is 82.4 cm³/mol. The largest absolute Gasteiger partial charge is 0.396 e. The lowest BCUT2D eigenvalue weighted by Crippen LogP contribution is -2.25. The fraction of sp³-hybridized carbons (Fsp3) is 0.615. The third-order valence-electron chi connectivity index (χ3n) is 3.60. The smallest absolute Gasteiger partial charge is 0.263 e. The molecule has 1 amide bonds. The van der Waals surface area contributed by atoms with Crippen LogP contribution in [-0.2, 0) is 0 Å². The van der Waals surface area contributed by atoms with Gasteiger partial charge in [0.05, 0.1) is 10.6 Å². The van der Waals surface area contributed by atoms with Crippen LogP contribution in [0.15, 0.2) is 4.90 Å². The maximum Gasteiger partial charge on any atom is 0.263 e. The molecule has 1 saturated heterocycles. The Hall–Kier alpha value is -0.880. The molecule has 1 aromatic rings. The number of hydrogen-bond donors (Lipinski definition) is 2. The van der Waals surface area contributed by atoms with Gasteiger partial charge in [-0.15, -0.1) is 23.1 Å². The van der Waals surface area contributed by atoms with Gasteiger partial charge in [0, 0.05) is 19.1 Å². The third kappa shape index (κ3) is 2.56. The predicted octanol–water partition coefficient (Wildman–Crippen LogP) is 2.54. The summed E-state index contributed by atoms with van der Waals surface area (Å²) in [6, 6.07) is 0.377. The van der Waals surface area contributed by atoms with E-state index in [2.05, 4.69) is 10.2 Å². The van der Waals surface area contributed by atoms with Crippen LogP contribution in [0.4, 0.5) is 10.7 Å². The highest BCUT2D eigenvalue weighted by Gasteiger charge is 2.29. The lowest BCUT2D eigenvalue weighted by molar-refractivity contribution is 0.0956. The zero-order valence-electron chi connectivity index (χ0n) is 11.1. The van der Waals surface area contributed by atoms with E-state index in [-0.39, 0.29) is 5.91 Å². The Kier molecular flexibility index (Phi) is 3.62. The molecule has 104 valence electrons. The number of thiophene rings is 1. The molecule has 1 aliphatic heterocycles. The molecule has 2 fully saturated rings. The summed E-state index contributed by atoms with van der Waals surface area (Å²) in [4.78, 5) is 16.3. The average molecular weight is 297 g/mol. The van der Waals surface area contributed by atoms with Gasteiger partial charge < -0.3 is 16.0 Å². The molecular weight excluding hydrogens is 278 g/mol. The summed E-state index contributed by atoms with van der Waals surface area (Å²) in [5.74, 6) is 0.00532. The van der Waals surface area contributed by atoms with E-state index in [0.717, 1.165) is 30.8 Å². The molecule has 19 heavy (non-hydrogen) atoms. The van der Waals surface area contributed by atoms with E-state index in [1.54, 1.807) is 23.1 Å². The van der Waals surface area contributed by atoms with Gasteiger partial charge in [0.15, 0.2) is 0 Å². The monoisotopic (exact) mass is 297 g/mol. The molecule has 0 aromatic carbocycles. The minimum Gasteiger partial charge on any atom is -0.396 e. The third-order valence-corrected chi connectivity index (χ3v) is 5.81. The minimum absolute atomic E-state index is 0.00532. The van der Waals surface area contributed by atoms with Crippen molar-refractivity contribution in [3.8, 4) is 0 Å². The number of nitrogens with two attached hydrogens (primary N) is 1. The number of thioether (sulfide) groups is 1. The van der Waals surface area contributed by atoms with Gasteiger partial charge in [-0.3, -0.25) is 4.79 Å². The first-order valence-corrected chi connectivity index (χ1v) is 8.77. The number of anilines is 2. The molecule has 1 aliphatic carbocycles. The molecule has 0 atom stereocenters. The molecule has 0 spiro atoms. The number of nitrogen functional groups attached to an aromatic ring is 1. The average Bonchev–Trinajstić information content (AvgIpc) is 2.93. The van der Waals surface area contributed by atoms with E-state index in [1.807, 2.05) is 6.26 Å². The number of carbonyl (C=O) groups excluding carboxylic acids is 1. The fourth-order valence-corrected chi connectivity index (χ4v) is 4.53. The Balaban J connectivity index is 1.88. The van der Waals surface area contributed by atoms with E-state index in [9.17, 15) is 4.79 Å². The highest BCUT2D eigenvalue weighted by Crippen LogP contribution is 2.44. The van der Waals surface area contributed by atoms with Crippen LogP contribution >= 0.6 is 23.1 Å². The van der Waals surface area contributed by atoms with Gasteiger partial charge in [-0.05, 0) is 31.9 Å². The van der Waals surface area contributed by atoms with Crippen molar-refractivity contribution < 1.29 is 4.79 Å². The number of rotatable bonds is 4. The van der Waals surface area contributed by atoms with Crippen molar-refractivity contribution in [3.05, 3.63) is 4.88 Å². The topological polar surface area (TPSA) is 58.4 Å². The number of carbonyl (C=O) groups is 1. The SMILES string of the molecule is CSc1c(N2CCCC2)sc(C(=O)NC2CC2)c1N. The maximum absolute atomic E-state index is 12.2. The van der Waals surface area contributed by atoms with Crippen LogP contribution < -0.4 is 16.0 Å². The Morgan fingerprint density at radius 3 is 2.68 bits per heavy atom. The van der Waals surface area contributed by atoms with Crippen molar-refractivity contribution in [1.29, 1.82) is 0 Å². The molecule has 1 aromatic heterocycles. The second kappa shape index (κ2) is 5.25. The van der Waals surface area contributed by atoms with Gasteiger partial charge in [-0.25, -0.2) is 0 Å². The highest BCUT2D eigenvalue weighted by molar-refractivity contribution is 7.99. The normalized spacial score (nSPS) is 18.9. The van der Waals surface area contributed by atoms with Crippen LogP contribution in [0.2, 0.25) is 0 Å². The molecule has 1 saturated carbocycles. The summed E-state index contributed by atoms with van der Waals surface area (Å²) in [7, 11) is 0. The zero-order chi connectivity index (χ0) is 13.4. The molecule has 2 aliphatic rings. The van der Waals surface area contributed by atoms with Crippen LogP contribution in [0, 0.1) is 0 Å². The van der Waals surface area contributed by atoms with E-state index < -0.39 is 0 Å². The first-order valence-electron chi connectivity index (χ1n) is 6.72. The van der Waals surface area contributed by atoms with Crippen molar-refractivity contribution in [2.75, 3.05) is 30.0 Å². The van der Waals surface area contributed by atoms with E-state index in [4.69, 9.17) is 5.73 Å². The van der Waals surface area contributed by atoms with Crippen LogP contribution in [-0.4, -0.2) is 31.3 Å². The van der Waals surface area contributed by atoms with Gasteiger partial charge in [0.25, 0.3) is 5.91 Å². The molecule has 2 heterocycles. The molecule has 0 unspecified atom stereocenters. The number of nitrogens with zero attached hydrogens (tertiary/aromatic N) is 1. The summed E-state index contributed by atoms with van der Waals surface area (Å²) in [6.45, 7) is 2.16. The van der Waals surface area contributed by atoms with Gasteiger partial charge >= 0.3 is 0 Å². The first kappa shape index (κ1) is 13.1. The molecule has 0 radical (unpaired) electrons. The molecular formula is C13H19N3OS2. The first-order chi connectivity index (χ1) is 9.20. The van der Waals surface area contributed by atoms with Crippen molar-refractivity contribution in [2.24, 2.45) is 0 Å². The van der Waals surface area contributed by atoms with E-state index in [1.165, 1.54) is 17.8 Å². The van der Waals surface area contributed by atoms with Crippen molar-refractivity contribution in [2.45, 2.75) is 36.6 Å². The van der Waals surface area contributed by atoms with Crippen LogP contribution in [0.3, 0.4) is 0 Å². The van der Waals surface area contributed by atoms with Gasteiger partial charge in [-0.2, -0.15) is 0 Å². The van der Waals surface area contributed by atoms with Crippen molar-refractivity contribution in [3.63, 3.8) is 0 Å². The molecule has 6 heteroatoms. The Bertz CT molecular complexity index is 490. The number of nitrogens with one attached hydrogen (secondary N) is 1. The fourth-order valence-electron chi connectivity index (χ4n) is 2.39. The standard InChI is InChI=1S/C13H19N3OS2/c1-18-11-9(14)10(12(17)15-8-4-5-8)19-13(11)16-6-2-3-7-16/h8H,2-7,14H2,1H3,(H,15,17). The summed E-state index contributed by atoms with van der Waals surface area (Å²) in [6.07, 6.45) is 6.70. The zero-order valence-corrected chi connectivity index (χ0v) is 12.7. The molecule has 4 nitrogen and oxygen atoms in total. The molecule has 3 N–H and O–H groups in total. The molecule has 0 bridgehead atoms. The number of hydrogen-bond acceptors (Lipinski definition) is 5. The Labute approximate surface area is 121 Å². The molecule has 3 rings (SSSR count). The van der Waals surface area contributed by atoms with Gasteiger partial charge in [-0.1, -0.05) is 0 Å². The van der Waals surface area contributed by atoms with Gasteiger partial charge in [0.2, 0.25) is 0 Å². The second-order valence-electron chi connectivity index (χ2n) is 5.13. The number of amides is 1. The summed E-state index contributed by atoms with van der Waals surface area (Å²) < 4.78 is 0. The maximum atomic E-state index is 12.2. The van der Waals surface area contributed by atoms with Crippen LogP contribution in [0.1, 0.15) is 35.4 Å². The highest BCUT2D eigenvalue weighted by atomic mass is 32.2. The van der Waals surface area contributed by atoms with E-state index in [0.29, 0.717) is 16.6 Å². The Morgan fingerprint density at radius 1 is 1.42 bits per heavy atom. The van der Waals surface area contributed by atoms with Crippen LogP contribution in [0.25, 0.3) is 0 Å². The lowest BCUT2D eigenvalue weighted by Gasteiger charge is -2.16.